The lowest BCUT2D eigenvalue weighted by molar-refractivity contribution is -0.133. The number of carbonyl (C=O) groups is 1. The van der Waals surface area contributed by atoms with E-state index in [4.69, 9.17) is 0 Å². The molecule has 3 aliphatic rings. The molecule has 0 aromatic rings. The maximum Gasteiger partial charge on any atom is 0.223 e. The molecule has 0 atom stereocenters. The van der Waals surface area contributed by atoms with Crippen LogP contribution in [0.3, 0.4) is 0 Å². The Kier molecular flexibility index (Phi) is 6.10. The SMILES string of the molecule is O=C(CCN1CC[CH]CC1)N1CCN(C2CCNCC2)CC1. The summed E-state index contributed by atoms with van der Waals surface area (Å²) in [6, 6.07) is 0.739. The number of amides is 1. The van der Waals surface area contributed by atoms with Crippen molar-refractivity contribution in [1.29, 1.82) is 0 Å². The van der Waals surface area contributed by atoms with Gasteiger partial charge in [-0.3, -0.25) is 9.69 Å². The van der Waals surface area contributed by atoms with Gasteiger partial charge >= 0.3 is 0 Å². The highest BCUT2D eigenvalue weighted by Crippen LogP contribution is 2.15. The second-order valence-corrected chi connectivity index (χ2v) is 6.86. The van der Waals surface area contributed by atoms with Gasteiger partial charge in [-0.15, -0.1) is 0 Å². The topological polar surface area (TPSA) is 38.8 Å². The van der Waals surface area contributed by atoms with E-state index in [2.05, 4.69) is 26.4 Å². The number of piperidine rings is 2. The first-order chi connectivity index (χ1) is 10.8. The standard InChI is InChI=1S/C17H31N4O/c22-17(6-11-19-9-2-1-3-10-19)21-14-12-20(13-15-21)16-4-7-18-8-5-16/h1,16,18H,2-15H2. The first-order valence-corrected chi connectivity index (χ1v) is 9.09. The summed E-state index contributed by atoms with van der Waals surface area (Å²) in [5, 5.41) is 3.43. The van der Waals surface area contributed by atoms with E-state index in [-0.39, 0.29) is 0 Å². The Hall–Kier alpha value is -0.650. The third-order valence-electron chi connectivity index (χ3n) is 5.43. The van der Waals surface area contributed by atoms with E-state index < -0.39 is 0 Å². The fourth-order valence-electron chi connectivity index (χ4n) is 3.95. The quantitative estimate of drug-likeness (QED) is 0.824. The lowest BCUT2D eigenvalue weighted by atomic mass is 10.0. The van der Waals surface area contributed by atoms with Crippen LogP contribution in [0.4, 0.5) is 0 Å². The molecule has 0 spiro atoms. The summed E-state index contributed by atoms with van der Waals surface area (Å²) in [5.41, 5.74) is 0. The van der Waals surface area contributed by atoms with Gasteiger partial charge in [0.05, 0.1) is 0 Å². The monoisotopic (exact) mass is 307 g/mol. The Balaban J connectivity index is 1.36. The molecule has 1 N–H and O–H groups in total. The van der Waals surface area contributed by atoms with Crippen LogP contribution in [0.5, 0.6) is 0 Å². The number of carbonyl (C=O) groups excluding carboxylic acids is 1. The van der Waals surface area contributed by atoms with Crippen molar-refractivity contribution in [2.24, 2.45) is 0 Å². The summed E-state index contributed by atoms with van der Waals surface area (Å²) in [5.74, 6) is 0.361. The molecule has 3 aliphatic heterocycles. The molecule has 0 aromatic carbocycles. The molecule has 125 valence electrons. The van der Waals surface area contributed by atoms with Gasteiger partial charge in [-0.1, -0.05) is 0 Å². The van der Waals surface area contributed by atoms with E-state index in [0.717, 1.165) is 64.9 Å². The van der Waals surface area contributed by atoms with Gasteiger partial charge < -0.3 is 15.1 Å². The molecule has 5 nitrogen and oxygen atoms in total. The van der Waals surface area contributed by atoms with Crippen molar-refractivity contribution in [3.8, 4) is 0 Å². The fraction of sp³-hybridized carbons (Fsp3) is 0.882. The molecule has 0 aromatic heterocycles. The van der Waals surface area contributed by atoms with Crippen molar-refractivity contribution in [3.63, 3.8) is 0 Å². The molecular weight excluding hydrogens is 276 g/mol. The smallest absolute Gasteiger partial charge is 0.223 e. The second kappa shape index (κ2) is 8.27. The molecule has 22 heavy (non-hydrogen) atoms. The van der Waals surface area contributed by atoms with E-state index in [0.29, 0.717) is 12.3 Å². The summed E-state index contributed by atoms with van der Waals surface area (Å²) in [6.45, 7) is 9.50. The number of hydrogen-bond acceptors (Lipinski definition) is 4. The molecule has 3 saturated heterocycles. The molecule has 1 radical (unpaired) electrons. The minimum atomic E-state index is 0.361. The molecule has 0 bridgehead atoms. The Labute approximate surface area is 135 Å². The second-order valence-electron chi connectivity index (χ2n) is 6.86. The number of nitrogens with zero attached hydrogens (tertiary/aromatic N) is 3. The lowest BCUT2D eigenvalue weighted by Crippen LogP contribution is -2.54. The highest BCUT2D eigenvalue weighted by atomic mass is 16.2. The van der Waals surface area contributed by atoms with Gasteiger partial charge in [0, 0.05) is 45.2 Å². The normalized spacial score (nSPS) is 26.3. The van der Waals surface area contributed by atoms with Crippen molar-refractivity contribution in [3.05, 3.63) is 6.42 Å². The van der Waals surface area contributed by atoms with Crippen LogP contribution >= 0.6 is 0 Å². The number of piperazine rings is 1. The molecule has 0 saturated carbocycles. The predicted octanol–water partition coefficient (Wildman–Crippen LogP) is 0.573. The first-order valence-electron chi connectivity index (χ1n) is 9.09. The average Bonchev–Trinajstić information content (AvgIpc) is 2.61. The fourth-order valence-corrected chi connectivity index (χ4v) is 3.95. The molecule has 0 aliphatic carbocycles. The van der Waals surface area contributed by atoms with Gasteiger partial charge in [-0.05, 0) is 58.3 Å². The summed E-state index contributed by atoms with van der Waals surface area (Å²) < 4.78 is 0. The number of nitrogens with one attached hydrogen (secondary N) is 1. The Bertz CT molecular complexity index is 343. The minimum absolute atomic E-state index is 0.361. The van der Waals surface area contributed by atoms with Crippen molar-refractivity contribution in [1.82, 2.24) is 20.0 Å². The third kappa shape index (κ3) is 4.43. The largest absolute Gasteiger partial charge is 0.340 e. The van der Waals surface area contributed by atoms with Crippen LogP contribution in [0, 0.1) is 6.42 Å². The summed E-state index contributed by atoms with van der Waals surface area (Å²) >= 11 is 0. The average molecular weight is 307 g/mol. The molecule has 3 rings (SSSR count). The first kappa shape index (κ1) is 16.2. The van der Waals surface area contributed by atoms with Crippen LogP contribution in [0.15, 0.2) is 0 Å². The van der Waals surface area contributed by atoms with E-state index in [1.54, 1.807) is 0 Å². The van der Waals surface area contributed by atoms with Crippen LogP contribution in [-0.4, -0.2) is 85.6 Å². The summed E-state index contributed by atoms with van der Waals surface area (Å²) in [7, 11) is 0. The zero-order valence-corrected chi connectivity index (χ0v) is 13.8. The molecule has 1 amide bonds. The molecule has 3 fully saturated rings. The zero-order valence-electron chi connectivity index (χ0n) is 13.8. The van der Waals surface area contributed by atoms with Gasteiger partial charge in [0.1, 0.15) is 0 Å². The molecule has 0 unspecified atom stereocenters. The Morgan fingerprint density at radius 1 is 1.00 bits per heavy atom. The van der Waals surface area contributed by atoms with Crippen LogP contribution < -0.4 is 5.32 Å². The Morgan fingerprint density at radius 2 is 1.68 bits per heavy atom. The van der Waals surface area contributed by atoms with E-state index in [1.165, 1.54) is 25.7 Å². The van der Waals surface area contributed by atoms with Gasteiger partial charge in [0.2, 0.25) is 5.91 Å². The van der Waals surface area contributed by atoms with Gasteiger partial charge in [-0.25, -0.2) is 0 Å². The van der Waals surface area contributed by atoms with Crippen LogP contribution in [0.25, 0.3) is 0 Å². The molecule has 5 heteroatoms. The van der Waals surface area contributed by atoms with Crippen LogP contribution in [-0.2, 0) is 4.79 Å². The van der Waals surface area contributed by atoms with Crippen LogP contribution in [0.1, 0.15) is 32.1 Å². The molecule has 3 heterocycles. The lowest BCUT2D eigenvalue weighted by Gasteiger charge is -2.41. The van der Waals surface area contributed by atoms with Crippen molar-refractivity contribution < 1.29 is 4.79 Å². The molecular formula is C17H31N4O. The Morgan fingerprint density at radius 3 is 2.36 bits per heavy atom. The third-order valence-corrected chi connectivity index (χ3v) is 5.43. The highest BCUT2D eigenvalue weighted by Gasteiger charge is 2.27. The van der Waals surface area contributed by atoms with Gasteiger partial charge in [-0.2, -0.15) is 0 Å². The highest BCUT2D eigenvalue weighted by molar-refractivity contribution is 5.76. The van der Waals surface area contributed by atoms with Crippen molar-refractivity contribution in [2.75, 3.05) is 58.9 Å². The van der Waals surface area contributed by atoms with Crippen molar-refractivity contribution >= 4 is 5.91 Å². The van der Waals surface area contributed by atoms with Gasteiger partial charge in [0.25, 0.3) is 0 Å². The number of rotatable bonds is 4. The maximum absolute atomic E-state index is 12.4. The number of hydrogen-bond donors (Lipinski definition) is 1. The van der Waals surface area contributed by atoms with Gasteiger partial charge in [0.15, 0.2) is 0 Å². The van der Waals surface area contributed by atoms with Crippen molar-refractivity contribution in [2.45, 2.75) is 38.1 Å². The van der Waals surface area contributed by atoms with E-state index in [1.807, 2.05) is 0 Å². The summed E-state index contributed by atoms with van der Waals surface area (Å²) in [4.78, 5) is 19.5. The van der Waals surface area contributed by atoms with Crippen LogP contribution in [0.2, 0.25) is 0 Å². The maximum atomic E-state index is 12.4. The zero-order chi connectivity index (χ0) is 15.2. The summed E-state index contributed by atoms with van der Waals surface area (Å²) in [6.07, 6.45) is 7.96. The number of likely N-dealkylation sites (tertiary alicyclic amines) is 1. The minimum Gasteiger partial charge on any atom is -0.340 e. The van der Waals surface area contributed by atoms with E-state index in [9.17, 15) is 4.79 Å². The predicted molar refractivity (Wildman–Crippen MR) is 88.6 cm³/mol. The van der Waals surface area contributed by atoms with E-state index >= 15 is 0 Å².